The van der Waals surface area contributed by atoms with E-state index in [4.69, 9.17) is 4.74 Å². The predicted molar refractivity (Wildman–Crippen MR) is 86.6 cm³/mol. The zero-order chi connectivity index (χ0) is 16.1. The second-order valence-corrected chi connectivity index (χ2v) is 6.40. The van der Waals surface area contributed by atoms with Gasteiger partial charge in [0.25, 0.3) is 0 Å². The molecule has 3 rings (SSSR count). The van der Waals surface area contributed by atoms with E-state index in [-0.39, 0.29) is 17.8 Å². The van der Waals surface area contributed by atoms with Crippen molar-refractivity contribution >= 4 is 5.91 Å². The van der Waals surface area contributed by atoms with Crippen LogP contribution in [0, 0.1) is 5.82 Å². The molecule has 0 aliphatic carbocycles. The van der Waals surface area contributed by atoms with Gasteiger partial charge in [-0.05, 0) is 30.5 Å². The summed E-state index contributed by atoms with van der Waals surface area (Å²) in [6, 6.07) is 6.71. The van der Waals surface area contributed by atoms with Gasteiger partial charge in [0.15, 0.2) is 0 Å². The Morgan fingerprint density at radius 3 is 2.78 bits per heavy atom. The molecule has 2 heterocycles. The van der Waals surface area contributed by atoms with Gasteiger partial charge in [-0.25, -0.2) is 4.39 Å². The first-order chi connectivity index (χ1) is 11.2. The third-order valence-electron chi connectivity index (χ3n) is 4.77. The van der Waals surface area contributed by atoms with E-state index < -0.39 is 0 Å². The number of hydrogen-bond acceptors (Lipinski definition) is 3. The molecule has 126 valence electrons. The lowest BCUT2D eigenvalue weighted by Gasteiger charge is -2.33. The monoisotopic (exact) mass is 320 g/mol. The Kier molecular flexibility index (Phi) is 5.62. The number of carbonyl (C=O) groups excluding carboxylic acids is 1. The largest absolute Gasteiger partial charge is 0.379 e. The van der Waals surface area contributed by atoms with E-state index in [2.05, 4.69) is 4.90 Å². The Morgan fingerprint density at radius 1 is 1.17 bits per heavy atom. The molecular weight excluding hydrogens is 295 g/mol. The zero-order valence-electron chi connectivity index (χ0n) is 13.5. The summed E-state index contributed by atoms with van der Waals surface area (Å²) in [6.45, 7) is 4.22. The van der Waals surface area contributed by atoms with Crippen LogP contribution < -0.4 is 0 Å². The molecular formula is C18H25FN2O2. The van der Waals surface area contributed by atoms with Crippen LogP contribution in [0.2, 0.25) is 0 Å². The smallest absolute Gasteiger partial charge is 0.237 e. The van der Waals surface area contributed by atoms with Crippen molar-refractivity contribution in [1.29, 1.82) is 0 Å². The van der Waals surface area contributed by atoms with Crippen LogP contribution in [-0.2, 0) is 9.53 Å². The average Bonchev–Trinajstić information content (AvgIpc) is 2.82. The van der Waals surface area contributed by atoms with E-state index in [1.807, 2.05) is 11.0 Å². The fourth-order valence-corrected chi connectivity index (χ4v) is 3.51. The number of halogens is 1. The summed E-state index contributed by atoms with van der Waals surface area (Å²) in [5.74, 6) is -0.0737. The number of amides is 1. The van der Waals surface area contributed by atoms with Crippen LogP contribution in [0.25, 0.3) is 0 Å². The summed E-state index contributed by atoms with van der Waals surface area (Å²) < 4.78 is 18.9. The highest BCUT2D eigenvalue weighted by molar-refractivity contribution is 5.79. The molecule has 5 heteroatoms. The van der Waals surface area contributed by atoms with E-state index >= 15 is 0 Å². The quantitative estimate of drug-likeness (QED) is 0.858. The first-order valence-electron chi connectivity index (χ1n) is 8.59. The Hall–Kier alpha value is -1.46. The summed E-state index contributed by atoms with van der Waals surface area (Å²) >= 11 is 0. The van der Waals surface area contributed by atoms with Crippen molar-refractivity contribution < 1.29 is 13.9 Å². The van der Waals surface area contributed by atoms with Gasteiger partial charge in [0.2, 0.25) is 5.91 Å². The van der Waals surface area contributed by atoms with Gasteiger partial charge in [-0.3, -0.25) is 9.69 Å². The molecule has 23 heavy (non-hydrogen) atoms. The highest BCUT2D eigenvalue weighted by Crippen LogP contribution is 2.30. The Morgan fingerprint density at radius 2 is 2.00 bits per heavy atom. The topological polar surface area (TPSA) is 32.8 Å². The van der Waals surface area contributed by atoms with Crippen molar-refractivity contribution in [2.75, 3.05) is 39.4 Å². The van der Waals surface area contributed by atoms with Gasteiger partial charge >= 0.3 is 0 Å². The molecule has 0 radical (unpaired) electrons. The Labute approximate surface area is 137 Å². The fourth-order valence-electron chi connectivity index (χ4n) is 3.51. The van der Waals surface area contributed by atoms with E-state index in [1.165, 1.54) is 6.07 Å². The summed E-state index contributed by atoms with van der Waals surface area (Å²) in [5.41, 5.74) is 0.919. The van der Waals surface area contributed by atoms with E-state index in [0.29, 0.717) is 19.8 Å². The number of morpholine rings is 1. The van der Waals surface area contributed by atoms with Gasteiger partial charge < -0.3 is 9.64 Å². The van der Waals surface area contributed by atoms with Gasteiger partial charge in [0.1, 0.15) is 5.82 Å². The van der Waals surface area contributed by atoms with Crippen molar-refractivity contribution in [1.82, 2.24) is 9.80 Å². The summed E-state index contributed by atoms with van der Waals surface area (Å²) in [6.07, 6.45) is 4.16. The van der Waals surface area contributed by atoms with E-state index in [9.17, 15) is 9.18 Å². The van der Waals surface area contributed by atoms with Crippen LogP contribution in [0.4, 0.5) is 4.39 Å². The molecule has 2 fully saturated rings. The first-order valence-corrected chi connectivity index (χ1v) is 8.59. The number of benzene rings is 1. The third-order valence-corrected chi connectivity index (χ3v) is 4.77. The predicted octanol–water partition coefficient (Wildman–Crippen LogP) is 2.60. The van der Waals surface area contributed by atoms with Gasteiger partial charge in [0.05, 0.1) is 25.8 Å². The van der Waals surface area contributed by atoms with Crippen LogP contribution in [0.15, 0.2) is 24.3 Å². The van der Waals surface area contributed by atoms with Crippen LogP contribution in [0.3, 0.4) is 0 Å². The molecule has 0 N–H and O–H groups in total. The van der Waals surface area contributed by atoms with E-state index in [1.54, 1.807) is 12.1 Å². The number of rotatable bonds is 3. The molecule has 0 bridgehead atoms. The highest BCUT2D eigenvalue weighted by atomic mass is 19.1. The van der Waals surface area contributed by atoms with Gasteiger partial charge in [0, 0.05) is 19.6 Å². The SMILES string of the molecule is O=C(CN1CCOCC1)N1CCCCCC1c1cccc(F)c1. The molecule has 1 atom stereocenters. The molecule has 1 amide bonds. The van der Waals surface area contributed by atoms with Crippen molar-refractivity contribution in [3.63, 3.8) is 0 Å². The molecule has 0 aromatic heterocycles. The second kappa shape index (κ2) is 7.88. The standard InChI is InChI=1S/C18H25FN2O2/c19-16-6-4-5-15(13-16)17-7-2-1-3-8-21(17)18(22)14-20-9-11-23-12-10-20/h4-6,13,17H,1-3,7-12,14H2. The first kappa shape index (κ1) is 16.4. The van der Waals surface area contributed by atoms with Crippen LogP contribution in [0.5, 0.6) is 0 Å². The van der Waals surface area contributed by atoms with E-state index in [0.717, 1.165) is 50.9 Å². The molecule has 2 aliphatic rings. The molecule has 2 aliphatic heterocycles. The third kappa shape index (κ3) is 4.30. The molecule has 1 aromatic carbocycles. The minimum absolute atomic E-state index is 0.00161. The lowest BCUT2D eigenvalue weighted by atomic mass is 10.0. The molecule has 0 spiro atoms. The molecule has 1 aromatic rings. The minimum atomic E-state index is -0.229. The molecule has 2 saturated heterocycles. The van der Waals surface area contributed by atoms with Gasteiger partial charge in [-0.15, -0.1) is 0 Å². The normalized spacial score (nSPS) is 23.5. The van der Waals surface area contributed by atoms with Crippen molar-refractivity contribution in [3.05, 3.63) is 35.6 Å². The summed E-state index contributed by atoms with van der Waals surface area (Å²) in [5, 5.41) is 0. The molecule has 0 saturated carbocycles. The number of likely N-dealkylation sites (tertiary alicyclic amines) is 1. The number of carbonyl (C=O) groups is 1. The number of ether oxygens (including phenoxy) is 1. The molecule has 1 unspecified atom stereocenters. The van der Waals surface area contributed by atoms with Gasteiger partial charge in [-0.2, -0.15) is 0 Å². The lowest BCUT2D eigenvalue weighted by Crippen LogP contribution is -2.45. The van der Waals surface area contributed by atoms with Crippen molar-refractivity contribution in [2.45, 2.75) is 31.7 Å². The fraction of sp³-hybridized carbons (Fsp3) is 0.611. The summed E-state index contributed by atoms with van der Waals surface area (Å²) in [7, 11) is 0. The average molecular weight is 320 g/mol. The van der Waals surface area contributed by atoms with Crippen molar-refractivity contribution in [2.24, 2.45) is 0 Å². The number of hydrogen-bond donors (Lipinski definition) is 0. The lowest BCUT2D eigenvalue weighted by molar-refractivity contribution is -0.135. The van der Waals surface area contributed by atoms with Crippen LogP contribution in [-0.4, -0.2) is 55.1 Å². The minimum Gasteiger partial charge on any atom is -0.379 e. The maximum absolute atomic E-state index is 13.6. The van der Waals surface area contributed by atoms with Crippen LogP contribution >= 0.6 is 0 Å². The summed E-state index contributed by atoms with van der Waals surface area (Å²) in [4.78, 5) is 17.0. The maximum Gasteiger partial charge on any atom is 0.237 e. The Balaban J connectivity index is 1.73. The van der Waals surface area contributed by atoms with Crippen molar-refractivity contribution in [3.8, 4) is 0 Å². The maximum atomic E-state index is 13.6. The number of nitrogens with zero attached hydrogens (tertiary/aromatic N) is 2. The van der Waals surface area contributed by atoms with Gasteiger partial charge in [-0.1, -0.05) is 25.0 Å². The Bertz CT molecular complexity index is 532. The highest BCUT2D eigenvalue weighted by Gasteiger charge is 2.28. The van der Waals surface area contributed by atoms with Crippen LogP contribution in [0.1, 0.15) is 37.3 Å². The second-order valence-electron chi connectivity index (χ2n) is 6.40. The zero-order valence-corrected chi connectivity index (χ0v) is 13.5. The molecule has 4 nitrogen and oxygen atoms in total.